The van der Waals surface area contributed by atoms with Crippen molar-refractivity contribution in [3.63, 3.8) is 0 Å². The number of hydrogen-bond donors (Lipinski definition) is 0. The fourth-order valence-corrected chi connectivity index (χ4v) is 5.18. The van der Waals surface area contributed by atoms with Gasteiger partial charge < -0.3 is 18.9 Å². The summed E-state index contributed by atoms with van der Waals surface area (Å²) in [6.45, 7) is 2.87. The molecular formula is C27H26F2N2O6S. The number of aromatic nitrogens is 1. The molecule has 8 nitrogen and oxygen atoms in total. The van der Waals surface area contributed by atoms with E-state index in [4.69, 9.17) is 14.2 Å². The second-order valence-electron chi connectivity index (χ2n) is 8.09. The van der Waals surface area contributed by atoms with Crippen LogP contribution in [0.4, 0.5) is 8.78 Å². The van der Waals surface area contributed by atoms with E-state index in [1.54, 1.807) is 50.3 Å². The molecule has 0 saturated heterocycles. The molecule has 1 aromatic heterocycles. The van der Waals surface area contributed by atoms with Crippen molar-refractivity contribution in [2.45, 2.75) is 33.4 Å². The lowest BCUT2D eigenvalue weighted by Gasteiger charge is -2.25. The van der Waals surface area contributed by atoms with Crippen LogP contribution >= 0.6 is 11.3 Å². The van der Waals surface area contributed by atoms with Gasteiger partial charge in [0.25, 0.3) is 5.56 Å². The molecule has 3 aromatic rings. The molecule has 38 heavy (non-hydrogen) atoms. The lowest BCUT2D eigenvalue weighted by Crippen LogP contribution is -2.40. The molecule has 0 N–H and O–H groups in total. The van der Waals surface area contributed by atoms with Gasteiger partial charge in [0.1, 0.15) is 5.75 Å². The van der Waals surface area contributed by atoms with Crippen molar-refractivity contribution in [3.05, 3.63) is 84.5 Å². The minimum atomic E-state index is -2.93. The highest BCUT2D eigenvalue weighted by Crippen LogP contribution is 2.36. The van der Waals surface area contributed by atoms with Crippen LogP contribution in [0.15, 0.2) is 63.5 Å². The third-order valence-corrected chi connectivity index (χ3v) is 6.71. The molecule has 11 heteroatoms. The summed E-state index contributed by atoms with van der Waals surface area (Å²) in [5.74, 6) is 0.425. The molecule has 0 aliphatic carbocycles. The Balaban J connectivity index is 1.88. The molecular weight excluding hydrogens is 518 g/mol. The lowest BCUT2D eigenvalue weighted by atomic mass is 9.95. The second kappa shape index (κ2) is 11.6. The van der Waals surface area contributed by atoms with E-state index in [0.29, 0.717) is 44.3 Å². The van der Waals surface area contributed by atoms with E-state index in [-0.39, 0.29) is 23.5 Å². The topological polar surface area (TPSA) is 88.4 Å². The van der Waals surface area contributed by atoms with E-state index in [1.165, 1.54) is 23.8 Å². The minimum Gasteiger partial charge on any atom is -0.493 e. The molecule has 200 valence electrons. The van der Waals surface area contributed by atoms with Crippen molar-refractivity contribution < 1.29 is 32.5 Å². The van der Waals surface area contributed by atoms with Crippen LogP contribution in [0.1, 0.15) is 37.9 Å². The Bertz CT molecular complexity index is 1540. The number of carbonyl (C=O) groups excluding carboxylic acids is 1. The van der Waals surface area contributed by atoms with Gasteiger partial charge in [0.2, 0.25) is 0 Å². The SMILES string of the molecule is CCOC(=O)C1=C(C)N=c2s/c(=C/c3ccc(OC(F)F)cc3)c(=O)n2[C@H]1c1ccc(OC)c(OCC)c1. The van der Waals surface area contributed by atoms with Gasteiger partial charge in [0.05, 0.1) is 42.2 Å². The van der Waals surface area contributed by atoms with Crippen molar-refractivity contribution in [1.82, 2.24) is 4.57 Å². The number of alkyl halides is 2. The predicted molar refractivity (Wildman–Crippen MR) is 138 cm³/mol. The number of rotatable bonds is 9. The van der Waals surface area contributed by atoms with E-state index in [9.17, 15) is 18.4 Å². The van der Waals surface area contributed by atoms with Crippen molar-refractivity contribution in [1.29, 1.82) is 0 Å². The number of thiazole rings is 1. The summed E-state index contributed by atoms with van der Waals surface area (Å²) in [7, 11) is 1.53. The maximum atomic E-state index is 13.7. The number of fused-ring (bicyclic) bond motifs is 1. The lowest BCUT2D eigenvalue weighted by molar-refractivity contribution is -0.139. The van der Waals surface area contributed by atoms with E-state index in [0.717, 1.165) is 11.3 Å². The van der Waals surface area contributed by atoms with E-state index in [2.05, 4.69) is 9.73 Å². The third kappa shape index (κ3) is 5.47. The average molecular weight is 545 g/mol. The predicted octanol–water partition coefficient (Wildman–Crippen LogP) is 3.81. The molecule has 2 aromatic carbocycles. The summed E-state index contributed by atoms with van der Waals surface area (Å²) >= 11 is 1.16. The van der Waals surface area contributed by atoms with Crippen LogP contribution in [0.2, 0.25) is 0 Å². The number of methoxy groups -OCH3 is 1. The zero-order valence-electron chi connectivity index (χ0n) is 21.2. The Kier molecular flexibility index (Phi) is 8.26. The van der Waals surface area contributed by atoms with Gasteiger partial charge in [-0.3, -0.25) is 9.36 Å². The molecule has 4 rings (SSSR count). The number of ether oxygens (including phenoxy) is 4. The molecule has 0 amide bonds. The first-order valence-electron chi connectivity index (χ1n) is 11.8. The first kappa shape index (κ1) is 27.1. The van der Waals surface area contributed by atoms with Crippen LogP contribution in [-0.4, -0.2) is 37.5 Å². The first-order chi connectivity index (χ1) is 18.3. The summed E-state index contributed by atoms with van der Waals surface area (Å²) in [4.78, 5) is 31.7. The van der Waals surface area contributed by atoms with Gasteiger partial charge in [-0.05, 0) is 62.2 Å². The van der Waals surface area contributed by atoms with Crippen LogP contribution in [-0.2, 0) is 9.53 Å². The summed E-state index contributed by atoms with van der Waals surface area (Å²) in [5, 5.41) is 0. The Labute approximate surface area is 221 Å². The molecule has 0 radical (unpaired) electrons. The fraction of sp³-hybridized carbons (Fsp3) is 0.296. The molecule has 1 atom stereocenters. The Hall–Kier alpha value is -3.99. The summed E-state index contributed by atoms with van der Waals surface area (Å²) in [6, 6.07) is 10.3. The maximum absolute atomic E-state index is 13.7. The van der Waals surface area contributed by atoms with Crippen molar-refractivity contribution in [3.8, 4) is 17.2 Å². The first-order valence-corrected chi connectivity index (χ1v) is 12.6. The number of benzene rings is 2. The van der Waals surface area contributed by atoms with Gasteiger partial charge in [-0.25, -0.2) is 9.79 Å². The van der Waals surface area contributed by atoms with Crippen molar-refractivity contribution in [2.24, 2.45) is 4.99 Å². The van der Waals surface area contributed by atoms with Crippen LogP contribution in [0.25, 0.3) is 6.08 Å². The normalized spacial score (nSPS) is 15.2. The van der Waals surface area contributed by atoms with Gasteiger partial charge in [-0.1, -0.05) is 29.5 Å². The standard InChI is InChI=1S/C27H26F2N2O6S/c1-5-35-20-14-17(9-12-19(20)34-4)23-22(25(33)36-6-2)15(3)30-27-31(23)24(32)21(38-27)13-16-7-10-18(11-8-16)37-26(28)29/h7-14,23,26H,5-6H2,1-4H3/b21-13+/t23-/m0/s1. The number of esters is 1. The molecule has 0 spiro atoms. The third-order valence-electron chi connectivity index (χ3n) is 5.72. The number of nitrogens with zero attached hydrogens (tertiary/aromatic N) is 2. The summed E-state index contributed by atoms with van der Waals surface area (Å²) in [5.41, 5.74) is 1.54. The van der Waals surface area contributed by atoms with E-state index in [1.807, 2.05) is 6.92 Å². The summed E-state index contributed by atoms with van der Waals surface area (Å²) < 4.78 is 47.6. The fourth-order valence-electron chi connectivity index (χ4n) is 4.14. The van der Waals surface area contributed by atoms with Crippen LogP contribution < -0.4 is 29.1 Å². The van der Waals surface area contributed by atoms with E-state index >= 15 is 0 Å². The minimum absolute atomic E-state index is 0.0120. The van der Waals surface area contributed by atoms with Crippen LogP contribution in [0.5, 0.6) is 17.2 Å². The monoisotopic (exact) mass is 544 g/mol. The molecule has 0 bridgehead atoms. The highest BCUT2D eigenvalue weighted by molar-refractivity contribution is 7.07. The highest BCUT2D eigenvalue weighted by Gasteiger charge is 2.34. The average Bonchev–Trinajstić information content (AvgIpc) is 3.18. The number of carbonyl (C=O) groups is 1. The second-order valence-corrected chi connectivity index (χ2v) is 9.10. The zero-order valence-corrected chi connectivity index (χ0v) is 22.0. The summed E-state index contributed by atoms with van der Waals surface area (Å²) in [6.07, 6.45) is 1.63. The van der Waals surface area contributed by atoms with Gasteiger partial charge in [0, 0.05) is 0 Å². The largest absolute Gasteiger partial charge is 0.493 e. The van der Waals surface area contributed by atoms with Gasteiger partial charge in [-0.2, -0.15) is 8.78 Å². The number of hydrogen-bond acceptors (Lipinski definition) is 8. The van der Waals surface area contributed by atoms with Crippen LogP contribution in [0, 0.1) is 0 Å². The smallest absolute Gasteiger partial charge is 0.387 e. The van der Waals surface area contributed by atoms with Crippen LogP contribution in [0.3, 0.4) is 0 Å². The molecule has 2 heterocycles. The van der Waals surface area contributed by atoms with Crippen molar-refractivity contribution in [2.75, 3.05) is 20.3 Å². The van der Waals surface area contributed by atoms with Crippen molar-refractivity contribution >= 4 is 23.4 Å². The molecule has 1 aliphatic rings. The molecule has 0 saturated carbocycles. The Morgan fingerprint density at radius 1 is 1.13 bits per heavy atom. The maximum Gasteiger partial charge on any atom is 0.387 e. The van der Waals surface area contributed by atoms with Gasteiger partial charge >= 0.3 is 12.6 Å². The molecule has 0 fully saturated rings. The quantitative estimate of drug-likeness (QED) is 0.381. The van der Waals surface area contributed by atoms with Gasteiger partial charge in [-0.15, -0.1) is 0 Å². The van der Waals surface area contributed by atoms with E-state index < -0.39 is 18.6 Å². The molecule has 0 unspecified atom stereocenters. The number of allylic oxidation sites excluding steroid dienone is 1. The van der Waals surface area contributed by atoms with Gasteiger partial charge in [0.15, 0.2) is 16.3 Å². The number of halogens is 2. The Morgan fingerprint density at radius 2 is 1.87 bits per heavy atom. The Morgan fingerprint density at radius 3 is 2.50 bits per heavy atom. The highest BCUT2D eigenvalue weighted by atomic mass is 32.1. The zero-order chi connectivity index (χ0) is 27.4. The molecule has 1 aliphatic heterocycles.